The Balaban J connectivity index is 2.14. The molecule has 0 radical (unpaired) electrons. The van der Waals surface area contributed by atoms with Crippen molar-refractivity contribution in [3.8, 4) is 0 Å². The van der Waals surface area contributed by atoms with Crippen molar-refractivity contribution in [1.82, 2.24) is 9.55 Å². The molecule has 2 aromatic rings. The maximum Gasteiger partial charge on any atom is 0.354 e. The summed E-state index contributed by atoms with van der Waals surface area (Å²) in [5, 5.41) is 8.85. The van der Waals surface area contributed by atoms with Gasteiger partial charge in [-0.2, -0.15) is 4.39 Å². The zero-order valence-corrected chi connectivity index (χ0v) is 9.01. The average Bonchev–Trinajstić information content (AvgIpc) is 2.69. The molecule has 1 aromatic carbocycles. The van der Waals surface area contributed by atoms with Crippen LogP contribution in [0.5, 0.6) is 0 Å². The van der Waals surface area contributed by atoms with Crippen LogP contribution in [0.4, 0.5) is 4.39 Å². The van der Waals surface area contributed by atoms with E-state index >= 15 is 0 Å². The van der Waals surface area contributed by atoms with Gasteiger partial charge in [-0.1, -0.05) is 30.3 Å². The second-order valence-electron chi connectivity index (χ2n) is 3.60. The third-order valence-corrected chi connectivity index (χ3v) is 2.49. The van der Waals surface area contributed by atoms with Crippen LogP contribution in [0, 0.1) is 6.08 Å². The number of hydrogen-bond acceptors (Lipinski definition) is 2. The van der Waals surface area contributed by atoms with E-state index in [2.05, 4.69) is 4.98 Å². The van der Waals surface area contributed by atoms with Gasteiger partial charge in [-0.15, -0.1) is 0 Å². The van der Waals surface area contributed by atoms with E-state index in [1.165, 1.54) is 0 Å². The van der Waals surface area contributed by atoms with Crippen molar-refractivity contribution >= 4 is 5.97 Å². The van der Waals surface area contributed by atoms with Crippen LogP contribution in [-0.4, -0.2) is 20.6 Å². The first-order chi connectivity index (χ1) is 8.18. The van der Waals surface area contributed by atoms with Crippen molar-refractivity contribution in [3.63, 3.8) is 0 Å². The van der Waals surface area contributed by atoms with Crippen molar-refractivity contribution in [3.05, 3.63) is 53.9 Å². The number of rotatable bonds is 4. The molecule has 0 aliphatic heterocycles. The highest BCUT2D eigenvalue weighted by molar-refractivity contribution is 5.85. The number of imidazole rings is 1. The quantitative estimate of drug-likeness (QED) is 0.879. The van der Waals surface area contributed by atoms with E-state index in [0.717, 1.165) is 16.3 Å². The van der Waals surface area contributed by atoms with Gasteiger partial charge in [0.05, 0.1) is 6.20 Å². The number of nitrogens with zero attached hydrogens (tertiary/aromatic N) is 2. The molecule has 1 heterocycles. The Labute approximate surface area is 97.3 Å². The topological polar surface area (TPSA) is 55.1 Å². The Hall–Kier alpha value is -2.17. The van der Waals surface area contributed by atoms with Crippen LogP contribution < -0.4 is 0 Å². The van der Waals surface area contributed by atoms with Crippen molar-refractivity contribution < 1.29 is 14.3 Å². The molecule has 0 aliphatic rings. The monoisotopic (exact) mass is 234 g/mol. The van der Waals surface area contributed by atoms with Crippen LogP contribution in [0.15, 0.2) is 36.5 Å². The van der Waals surface area contributed by atoms with Gasteiger partial charge in [0, 0.05) is 6.54 Å². The minimum Gasteiger partial charge on any atom is -0.477 e. The molecule has 88 valence electrons. The summed E-state index contributed by atoms with van der Waals surface area (Å²) < 4.78 is 14.3. The van der Waals surface area contributed by atoms with E-state index in [-0.39, 0.29) is 12.2 Å². The molecule has 5 heteroatoms. The minimum absolute atomic E-state index is 0.126. The maximum atomic E-state index is 13.3. The van der Waals surface area contributed by atoms with Crippen LogP contribution in [0.3, 0.4) is 0 Å². The lowest BCUT2D eigenvalue weighted by Crippen LogP contribution is -2.12. The molecule has 0 unspecified atom stereocenters. The molecule has 1 N–H and O–H groups in total. The van der Waals surface area contributed by atoms with Gasteiger partial charge in [-0.25, -0.2) is 9.78 Å². The first kappa shape index (κ1) is 11.3. The Morgan fingerprint density at radius 2 is 2.06 bits per heavy atom. The Kier molecular flexibility index (Phi) is 3.18. The van der Waals surface area contributed by atoms with Gasteiger partial charge >= 0.3 is 5.97 Å². The van der Waals surface area contributed by atoms with Gasteiger partial charge in [0.15, 0.2) is 0 Å². The molecule has 0 fully saturated rings. The van der Waals surface area contributed by atoms with E-state index in [1.54, 1.807) is 0 Å². The van der Waals surface area contributed by atoms with Crippen LogP contribution >= 0.6 is 0 Å². The van der Waals surface area contributed by atoms with Crippen molar-refractivity contribution in [2.45, 2.75) is 13.0 Å². The van der Waals surface area contributed by atoms with Crippen LogP contribution in [0.25, 0.3) is 0 Å². The standard InChI is InChI=1S/C12H11FN2O2/c13-12-14-8-10(11(16)17)15(12)7-6-9-4-2-1-3-5-9/h1-5,8H,6-7H2,(H,16,17). The number of aromatic carboxylic acids is 1. The van der Waals surface area contributed by atoms with Crippen LogP contribution in [0.1, 0.15) is 16.1 Å². The van der Waals surface area contributed by atoms with Crippen LogP contribution in [-0.2, 0) is 13.0 Å². The molecule has 0 saturated heterocycles. The minimum atomic E-state index is -1.17. The highest BCUT2D eigenvalue weighted by Crippen LogP contribution is 2.07. The molecular weight excluding hydrogens is 223 g/mol. The molecule has 4 nitrogen and oxygen atoms in total. The molecule has 0 bridgehead atoms. The first-order valence-corrected chi connectivity index (χ1v) is 5.16. The van der Waals surface area contributed by atoms with E-state index in [0.29, 0.717) is 6.42 Å². The number of aryl methyl sites for hydroxylation is 1. The van der Waals surface area contributed by atoms with E-state index in [9.17, 15) is 9.18 Å². The number of benzene rings is 1. The summed E-state index contributed by atoms with van der Waals surface area (Å²) >= 11 is 0. The van der Waals surface area contributed by atoms with Crippen molar-refractivity contribution in [2.24, 2.45) is 0 Å². The van der Waals surface area contributed by atoms with E-state index in [1.807, 2.05) is 30.3 Å². The number of carbonyl (C=O) groups is 1. The molecule has 0 saturated carbocycles. The maximum absolute atomic E-state index is 13.3. The molecule has 1 aromatic heterocycles. The van der Waals surface area contributed by atoms with Gasteiger partial charge in [-0.3, -0.25) is 4.57 Å². The second kappa shape index (κ2) is 4.78. The molecule has 0 aliphatic carbocycles. The predicted molar refractivity (Wildman–Crippen MR) is 59.3 cm³/mol. The molecule has 0 atom stereocenters. The number of carboxylic acid groups (broad SMARTS) is 1. The zero-order chi connectivity index (χ0) is 12.3. The summed E-state index contributed by atoms with van der Waals surface area (Å²) in [4.78, 5) is 14.2. The van der Waals surface area contributed by atoms with Crippen LogP contribution in [0.2, 0.25) is 0 Å². The second-order valence-corrected chi connectivity index (χ2v) is 3.60. The van der Waals surface area contributed by atoms with Gasteiger partial charge in [0.25, 0.3) is 6.08 Å². The Bertz CT molecular complexity index is 523. The SMILES string of the molecule is O=C(O)c1cnc(F)n1CCc1ccccc1. The van der Waals surface area contributed by atoms with E-state index in [4.69, 9.17) is 5.11 Å². The smallest absolute Gasteiger partial charge is 0.354 e. The molecule has 17 heavy (non-hydrogen) atoms. The lowest BCUT2D eigenvalue weighted by Gasteiger charge is -2.05. The normalized spacial score (nSPS) is 10.4. The number of halogens is 1. The van der Waals surface area contributed by atoms with Gasteiger partial charge in [-0.05, 0) is 12.0 Å². The van der Waals surface area contributed by atoms with Crippen molar-refractivity contribution in [2.75, 3.05) is 0 Å². The third kappa shape index (κ3) is 2.50. The zero-order valence-electron chi connectivity index (χ0n) is 9.01. The lowest BCUT2D eigenvalue weighted by molar-refractivity contribution is 0.0683. The summed E-state index contributed by atoms with van der Waals surface area (Å²) in [6.45, 7) is 0.261. The Morgan fingerprint density at radius 3 is 2.71 bits per heavy atom. The average molecular weight is 234 g/mol. The molecular formula is C12H11FN2O2. The summed E-state index contributed by atoms with van der Waals surface area (Å²) in [5.74, 6) is -1.17. The Morgan fingerprint density at radius 1 is 1.35 bits per heavy atom. The highest BCUT2D eigenvalue weighted by Gasteiger charge is 2.14. The summed E-state index contributed by atoms with van der Waals surface area (Å²) in [5.41, 5.74) is 0.898. The van der Waals surface area contributed by atoms with Gasteiger partial charge < -0.3 is 5.11 Å². The molecule has 0 spiro atoms. The summed E-state index contributed by atoms with van der Waals surface area (Å²) in [6.07, 6.45) is 0.829. The summed E-state index contributed by atoms with van der Waals surface area (Å²) in [7, 11) is 0. The molecule has 0 amide bonds. The number of carboxylic acids is 1. The highest BCUT2D eigenvalue weighted by atomic mass is 19.1. The largest absolute Gasteiger partial charge is 0.477 e. The predicted octanol–water partition coefficient (Wildman–Crippen LogP) is 1.96. The van der Waals surface area contributed by atoms with Crippen molar-refractivity contribution in [1.29, 1.82) is 0 Å². The molecule has 2 rings (SSSR count). The lowest BCUT2D eigenvalue weighted by atomic mass is 10.1. The third-order valence-electron chi connectivity index (χ3n) is 2.49. The van der Waals surface area contributed by atoms with E-state index < -0.39 is 12.0 Å². The fourth-order valence-electron chi connectivity index (χ4n) is 1.62. The summed E-state index contributed by atoms with van der Waals surface area (Å²) in [6, 6.07) is 9.49. The fourth-order valence-corrected chi connectivity index (χ4v) is 1.62. The first-order valence-electron chi connectivity index (χ1n) is 5.16. The fraction of sp³-hybridized carbons (Fsp3) is 0.167. The number of aromatic nitrogens is 2. The van der Waals surface area contributed by atoms with Gasteiger partial charge in [0.1, 0.15) is 5.69 Å². The van der Waals surface area contributed by atoms with Gasteiger partial charge in [0.2, 0.25) is 0 Å². The number of hydrogen-bond donors (Lipinski definition) is 1.